The molecule has 0 saturated heterocycles. The van der Waals surface area contributed by atoms with Crippen LogP contribution in [0.15, 0.2) is 24.3 Å². The topological polar surface area (TPSA) is 34.1 Å². The highest BCUT2D eigenvalue weighted by molar-refractivity contribution is 8.13. The van der Waals surface area contributed by atoms with E-state index in [1.54, 1.807) is 12.1 Å². The van der Waals surface area contributed by atoms with Gasteiger partial charge in [0.25, 0.3) is 0 Å². The van der Waals surface area contributed by atoms with Crippen molar-refractivity contribution < 1.29 is 8.42 Å². The highest BCUT2D eigenvalue weighted by Gasteiger charge is 2.05. The predicted octanol–water partition coefficient (Wildman–Crippen LogP) is 3.09. The van der Waals surface area contributed by atoms with Gasteiger partial charge in [0.15, 0.2) is 0 Å². The van der Waals surface area contributed by atoms with Crippen LogP contribution in [0.25, 0.3) is 0 Å². The molecule has 80 valence electrons. The van der Waals surface area contributed by atoms with E-state index in [0.717, 1.165) is 11.1 Å². The SMILES string of the molecule is CC.Cc1cccc(CS(=O)(=O)Cl)c1. The summed E-state index contributed by atoms with van der Waals surface area (Å²) in [6.07, 6.45) is 0. The van der Waals surface area contributed by atoms with Crippen LogP contribution in [0.5, 0.6) is 0 Å². The molecule has 0 spiro atoms. The molecule has 0 heterocycles. The molecule has 0 aliphatic heterocycles. The quantitative estimate of drug-likeness (QED) is 0.737. The van der Waals surface area contributed by atoms with Gasteiger partial charge in [0.2, 0.25) is 9.05 Å². The van der Waals surface area contributed by atoms with E-state index in [2.05, 4.69) is 0 Å². The van der Waals surface area contributed by atoms with E-state index >= 15 is 0 Å². The molecular weight excluding hydrogens is 220 g/mol. The Kier molecular flexibility index (Phi) is 5.81. The maximum Gasteiger partial charge on any atom is 0.236 e. The van der Waals surface area contributed by atoms with E-state index in [4.69, 9.17) is 10.7 Å². The Morgan fingerprint density at radius 1 is 1.29 bits per heavy atom. The molecule has 0 unspecified atom stereocenters. The number of benzene rings is 1. The fourth-order valence-electron chi connectivity index (χ4n) is 1.00. The summed E-state index contributed by atoms with van der Waals surface area (Å²) in [7, 11) is 1.67. The van der Waals surface area contributed by atoms with Crippen LogP contribution in [0.2, 0.25) is 0 Å². The van der Waals surface area contributed by atoms with Gasteiger partial charge in [-0.25, -0.2) is 8.42 Å². The summed E-state index contributed by atoms with van der Waals surface area (Å²) in [5, 5.41) is 0. The molecule has 0 aliphatic rings. The van der Waals surface area contributed by atoms with Gasteiger partial charge in [0.05, 0.1) is 5.75 Å². The fourth-order valence-corrected chi connectivity index (χ4v) is 1.96. The van der Waals surface area contributed by atoms with Gasteiger partial charge in [-0.3, -0.25) is 0 Å². The van der Waals surface area contributed by atoms with Gasteiger partial charge in [-0.2, -0.15) is 0 Å². The molecule has 0 fully saturated rings. The molecule has 0 N–H and O–H groups in total. The van der Waals surface area contributed by atoms with Crippen LogP contribution in [0.4, 0.5) is 0 Å². The Hall–Kier alpha value is -0.540. The Bertz CT molecular complexity index is 371. The van der Waals surface area contributed by atoms with Crippen LogP contribution in [-0.4, -0.2) is 8.42 Å². The Labute approximate surface area is 90.3 Å². The zero-order valence-corrected chi connectivity index (χ0v) is 10.2. The minimum atomic E-state index is -3.42. The van der Waals surface area contributed by atoms with Crippen molar-refractivity contribution in [1.82, 2.24) is 0 Å². The number of hydrogen-bond donors (Lipinski definition) is 0. The van der Waals surface area contributed by atoms with Gasteiger partial charge >= 0.3 is 0 Å². The summed E-state index contributed by atoms with van der Waals surface area (Å²) in [4.78, 5) is 0. The third-order valence-electron chi connectivity index (χ3n) is 1.42. The average Bonchev–Trinajstić information content (AvgIpc) is 2.04. The monoisotopic (exact) mass is 234 g/mol. The number of aryl methyl sites for hydroxylation is 1. The third-order valence-corrected chi connectivity index (χ3v) is 2.43. The number of halogens is 1. The molecule has 1 aromatic carbocycles. The molecule has 0 radical (unpaired) electrons. The first kappa shape index (κ1) is 13.5. The molecule has 0 bridgehead atoms. The maximum absolute atomic E-state index is 10.7. The molecule has 0 aromatic heterocycles. The fraction of sp³-hybridized carbons (Fsp3) is 0.400. The van der Waals surface area contributed by atoms with Gasteiger partial charge in [-0.05, 0) is 12.5 Å². The van der Waals surface area contributed by atoms with Gasteiger partial charge in [-0.1, -0.05) is 43.7 Å². The summed E-state index contributed by atoms with van der Waals surface area (Å²) in [6, 6.07) is 7.27. The number of rotatable bonds is 2. The molecule has 0 atom stereocenters. The minimum absolute atomic E-state index is 0.101. The van der Waals surface area contributed by atoms with Crippen molar-refractivity contribution in [3.63, 3.8) is 0 Å². The highest BCUT2D eigenvalue weighted by Crippen LogP contribution is 2.10. The summed E-state index contributed by atoms with van der Waals surface area (Å²) in [5.41, 5.74) is 1.76. The van der Waals surface area contributed by atoms with E-state index in [1.807, 2.05) is 32.9 Å². The Morgan fingerprint density at radius 2 is 1.86 bits per heavy atom. The predicted molar refractivity (Wildman–Crippen MR) is 61.0 cm³/mol. The minimum Gasteiger partial charge on any atom is -0.212 e. The van der Waals surface area contributed by atoms with E-state index in [0.29, 0.717) is 0 Å². The second-order valence-corrected chi connectivity index (χ2v) is 5.45. The van der Waals surface area contributed by atoms with Crippen molar-refractivity contribution in [3.8, 4) is 0 Å². The lowest BCUT2D eigenvalue weighted by Crippen LogP contribution is -1.94. The van der Waals surface area contributed by atoms with E-state index in [-0.39, 0.29) is 5.75 Å². The van der Waals surface area contributed by atoms with Crippen LogP contribution < -0.4 is 0 Å². The lowest BCUT2D eigenvalue weighted by Gasteiger charge is -1.98. The van der Waals surface area contributed by atoms with Gasteiger partial charge in [-0.15, -0.1) is 0 Å². The van der Waals surface area contributed by atoms with Crippen LogP contribution in [0.1, 0.15) is 25.0 Å². The molecule has 0 aliphatic carbocycles. The lowest BCUT2D eigenvalue weighted by molar-refractivity contribution is 0.609. The number of hydrogen-bond acceptors (Lipinski definition) is 2. The summed E-state index contributed by atoms with van der Waals surface area (Å²) >= 11 is 0. The molecule has 1 rings (SSSR count). The second-order valence-electron chi connectivity index (χ2n) is 2.67. The van der Waals surface area contributed by atoms with Crippen LogP contribution in [-0.2, 0) is 14.8 Å². The third kappa shape index (κ3) is 6.00. The molecular formula is C10H15ClO2S. The van der Waals surface area contributed by atoms with E-state index in [9.17, 15) is 8.42 Å². The van der Waals surface area contributed by atoms with Crippen molar-refractivity contribution in [3.05, 3.63) is 35.4 Å². The van der Waals surface area contributed by atoms with Gasteiger partial charge in [0.1, 0.15) is 0 Å². The molecule has 4 heteroatoms. The molecule has 0 saturated carbocycles. The van der Waals surface area contributed by atoms with E-state index in [1.165, 1.54) is 0 Å². The van der Waals surface area contributed by atoms with Crippen molar-refractivity contribution in [2.45, 2.75) is 26.5 Å². The van der Waals surface area contributed by atoms with Gasteiger partial charge in [0, 0.05) is 10.7 Å². The summed E-state index contributed by atoms with van der Waals surface area (Å²) in [5.74, 6) is -0.101. The molecule has 1 aromatic rings. The van der Waals surface area contributed by atoms with Crippen molar-refractivity contribution in [2.75, 3.05) is 0 Å². The zero-order chi connectivity index (χ0) is 11.2. The Balaban J connectivity index is 0.000000791. The first-order chi connectivity index (χ1) is 6.47. The molecule has 14 heavy (non-hydrogen) atoms. The van der Waals surface area contributed by atoms with Gasteiger partial charge < -0.3 is 0 Å². The maximum atomic E-state index is 10.7. The lowest BCUT2D eigenvalue weighted by atomic mass is 10.2. The largest absolute Gasteiger partial charge is 0.236 e. The standard InChI is InChI=1S/C8H9ClO2S.C2H6/c1-7-3-2-4-8(5-7)6-12(9,10)11;1-2/h2-5H,6H2,1H3;1-2H3. The smallest absolute Gasteiger partial charge is 0.212 e. The highest BCUT2D eigenvalue weighted by atomic mass is 35.7. The van der Waals surface area contributed by atoms with Crippen LogP contribution in [0, 0.1) is 6.92 Å². The summed E-state index contributed by atoms with van der Waals surface area (Å²) in [6.45, 7) is 5.91. The van der Waals surface area contributed by atoms with Crippen molar-refractivity contribution in [1.29, 1.82) is 0 Å². The second kappa shape index (κ2) is 6.04. The molecule has 2 nitrogen and oxygen atoms in total. The van der Waals surface area contributed by atoms with Crippen LogP contribution in [0.3, 0.4) is 0 Å². The first-order valence-corrected chi connectivity index (χ1v) is 6.93. The first-order valence-electron chi connectivity index (χ1n) is 4.45. The van der Waals surface area contributed by atoms with Crippen molar-refractivity contribution in [2.24, 2.45) is 0 Å². The Morgan fingerprint density at radius 3 is 2.29 bits per heavy atom. The molecule has 0 amide bonds. The average molecular weight is 235 g/mol. The normalized spacial score (nSPS) is 10.3. The zero-order valence-electron chi connectivity index (χ0n) is 8.62. The summed E-state index contributed by atoms with van der Waals surface area (Å²) < 4.78 is 21.4. The van der Waals surface area contributed by atoms with E-state index < -0.39 is 9.05 Å². The van der Waals surface area contributed by atoms with Crippen molar-refractivity contribution >= 4 is 19.7 Å². The van der Waals surface area contributed by atoms with Crippen LogP contribution >= 0.6 is 10.7 Å².